The first-order chi connectivity index (χ1) is 11.7. The van der Waals surface area contributed by atoms with Gasteiger partial charge >= 0.3 is 12.4 Å². The Balaban J connectivity index is 2.05. The van der Waals surface area contributed by atoms with E-state index >= 15 is 0 Å². The van der Waals surface area contributed by atoms with Gasteiger partial charge in [-0.15, -0.1) is 0 Å². The highest BCUT2D eigenvalue weighted by Crippen LogP contribution is 2.27. The number of carbonyl (C=O) groups is 1. The second kappa shape index (κ2) is 13.2. The fraction of sp³-hybridized carbons (Fsp3) is 0.895. The summed E-state index contributed by atoms with van der Waals surface area (Å²) in [7, 11) is 0. The van der Waals surface area contributed by atoms with Gasteiger partial charge in [0.1, 0.15) is 6.10 Å². The number of hydrogen-bond donors (Lipinski definition) is 1. The summed E-state index contributed by atoms with van der Waals surface area (Å²) in [6, 6.07) is 0. The molecule has 0 bridgehead atoms. The summed E-state index contributed by atoms with van der Waals surface area (Å²) >= 11 is 0. The van der Waals surface area contributed by atoms with Crippen LogP contribution in [-0.2, 0) is 19.1 Å². The first-order valence-electron chi connectivity index (χ1n) is 9.53. The van der Waals surface area contributed by atoms with E-state index < -0.39 is 12.2 Å². The third-order valence-corrected chi connectivity index (χ3v) is 4.76. The van der Waals surface area contributed by atoms with Crippen LogP contribution < -0.4 is 0 Å². The van der Waals surface area contributed by atoms with Crippen molar-refractivity contribution in [2.75, 3.05) is 6.61 Å². The highest BCUT2D eigenvalue weighted by atomic mass is 16.6. The average molecular weight is 341 g/mol. The molecule has 0 aliphatic heterocycles. The lowest BCUT2D eigenvalue weighted by molar-refractivity contribution is -0.159. The molecule has 24 heavy (non-hydrogen) atoms. The van der Waals surface area contributed by atoms with E-state index in [-0.39, 0.29) is 18.5 Å². The average Bonchev–Trinajstić information content (AvgIpc) is 2.57. The van der Waals surface area contributed by atoms with Gasteiger partial charge in [-0.3, -0.25) is 4.79 Å². The Morgan fingerprint density at radius 3 is 2.38 bits per heavy atom. The van der Waals surface area contributed by atoms with Crippen molar-refractivity contribution in [1.82, 2.24) is 0 Å². The summed E-state index contributed by atoms with van der Waals surface area (Å²) in [5.41, 5.74) is 0. The van der Waals surface area contributed by atoms with Crippen LogP contribution in [0.3, 0.4) is 0 Å². The number of carbonyl (C=O) groups excluding carboxylic acids is 2. The number of ether oxygens (including phenoxy) is 2. The fourth-order valence-electron chi connectivity index (χ4n) is 3.28. The lowest BCUT2D eigenvalue weighted by atomic mass is 9.86. The molecule has 1 N–H and O–H groups in total. The number of unbranched alkanes of at least 4 members (excludes halogenated alkanes) is 7. The number of rotatable bonds is 13. The predicted octanol–water partition coefficient (Wildman–Crippen LogP) is 3.67. The molecule has 3 atom stereocenters. The van der Waals surface area contributed by atoms with E-state index in [1.165, 1.54) is 45.0 Å². The van der Waals surface area contributed by atoms with Crippen LogP contribution >= 0.6 is 0 Å². The molecule has 1 fully saturated rings. The SMILES string of the molecule is CCCCCCCCCCC(=O)OC1CCC(CO[C]=O)CC1O. The Kier molecular flexibility index (Phi) is 11.5. The Morgan fingerprint density at radius 1 is 1.08 bits per heavy atom. The van der Waals surface area contributed by atoms with Crippen molar-refractivity contribution in [1.29, 1.82) is 0 Å². The molecule has 0 aromatic heterocycles. The Labute approximate surface area is 146 Å². The largest absolute Gasteiger partial charge is 0.460 e. The zero-order valence-electron chi connectivity index (χ0n) is 15.0. The van der Waals surface area contributed by atoms with E-state index in [2.05, 4.69) is 11.7 Å². The molecule has 0 aromatic carbocycles. The van der Waals surface area contributed by atoms with Crippen molar-refractivity contribution in [3.8, 4) is 0 Å². The molecule has 1 aliphatic rings. The van der Waals surface area contributed by atoms with Gasteiger partial charge in [-0.05, 0) is 31.6 Å². The minimum Gasteiger partial charge on any atom is -0.460 e. The highest BCUT2D eigenvalue weighted by Gasteiger charge is 2.31. The zero-order chi connectivity index (χ0) is 17.6. The van der Waals surface area contributed by atoms with E-state index in [0.717, 1.165) is 19.3 Å². The molecule has 0 aromatic rings. The van der Waals surface area contributed by atoms with Crippen LogP contribution in [0, 0.1) is 5.92 Å². The van der Waals surface area contributed by atoms with Gasteiger partial charge in [0.25, 0.3) is 0 Å². The molecule has 1 rings (SSSR count). The van der Waals surface area contributed by atoms with Crippen LogP contribution in [0.5, 0.6) is 0 Å². The van der Waals surface area contributed by atoms with Gasteiger partial charge in [0.05, 0.1) is 12.7 Å². The predicted molar refractivity (Wildman–Crippen MR) is 92.1 cm³/mol. The van der Waals surface area contributed by atoms with Crippen molar-refractivity contribution in [2.24, 2.45) is 5.92 Å². The van der Waals surface area contributed by atoms with Crippen molar-refractivity contribution >= 4 is 12.4 Å². The van der Waals surface area contributed by atoms with Crippen molar-refractivity contribution in [3.63, 3.8) is 0 Å². The topological polar surface area (TPSA) is 72.8 Å². The fourth-order valence-corrected chi connectivity index (χ4v) is 3.28. The third-order valence-electron chi connectivity index (χ3n) is 4.76. The minimum atomic E-state index is -0.665. The van der Waals surface area contributed by atoms with Gasteiger partial charge < -0.3 is 14.6 Å². The Morgan fingerprint density at radius 2 is 1.75 bits per heavy atom. The molecule has 0 amide bonds. The van der Waals surface area contributed by atoms with Crippen LogP contribution in [0.25, 0.3) is 0 Å². The molecule has 5 nitrogen and oxygen atoms in total. The molecule has 0 saturated heterocycles. The zero-order valence-corrected chi connectivity index (χ0v) is 15.0. The van der Waals surface area contributed by atoms with Crippen LogP contribution in [0.1, 0.15) is 84.0 Å². The van der Waals surface area contributed by atoms with Crippen LogP contribution in [0.4, 0.5) is 0 Å². The molecular weight excluding hydrogens is 308 g/mol. The maximum atomic E-state index is 11.9. The summed E-state index contributed by atoms with van der Waals surface area (Å²) in [5, 5.41) is 10.1. The quantitative estimate of drug-likeness (QED) is 0.409. The molecule has 0 spiro atoms. The standard InChI is InChI=1S/C19H33O5/c1-2-3-4-5-6-7-8-9-10-19(22)24-18-12-11-16(13-17(18)21)14-23-15-20/h16-18,21H,2-14H2,1H3. The highest BCUT2D eigenvalue weighted by molar-refractivity contribution is 5.69. The second-order valence-corrected chi connectivity index (χ2v) is 6.89. The van der Waals surface area contributed by atoms with Gasteiger partial charge in [-0.1, -0.05) is 51.9 Å². The molecule has 5 heteroatoms. The van der Waals surface area contributed by atoms with Crippen LogP contribution in [-0.4, -0.2) is 36.4 Å². The maximum Gasteiger partial charge on any atom is 0.417 e. The lowest BCUT2D eigenvalue weighted by Crippen LogP contribution is -2.38. The molecule has 0 heterocycles. The third kappa shape index (κ3) is 9.26. The van der Waals surface area contributed by atoms with E-state index in [0.29, 0.717) is 19.3 Å². The summed E-state index contributed by atoms with van der Waals surface area (Å²) < 4.78 is 10.0. The number of aliphatic hydroxyl groups is 1. The van der Waals surface area contributed by atoms with Crippen molar-refractivity contribution < 1.29 is 24.2 Å². The molecule has 1 radical (unpaired) electrons. The van der Waals surface area contributed by atoms with E-state index in [4.69, 9.17) is 4.74 Å². The summed E-state index contributed by atoms with van der Waals surface area (Å²) in [4.78, 5) is 21.9. The molecule has 3 unspecified atom stereocenters. The van der Waals surface area contributed by atoms with Gasteiger partial charge in [0.2, 0.25) is 0 Å². The van der Waals surface area contributed by atoms with Gasteiger partial charge in [0, 0.05) is 6.42 Å². The van der Waals surface area contributed by atoms with E-state index in [9.17, 15) is 14.7 Å². The number of hydrogen-bond acceptors (Lipinski definition) is 5. The summed E-state index contributed by atoms with van der Waals surface area (Å²) in [6.45, 7) is 3.90. The van der Waals surface area contributed by atoms with Crippen LogP contribution in [0.15, 0.2) is 0 Å². The molecule has 1 saturated carbocycles. The second-order valence-electron chi connectivity index (χ2n) is 6.89. The maximum absolute atomic E-state index is 11.9. The van der Waals surface area contributed by atoms with Gasteiger partial charge in [-0.25, -0.2) is 4.79 Å². The normalized spacial score (nSPS) is 23.7. The minimum absolute atomic E-state index is 0.129. The number of esters is 1. The summed E-state index contributed by atoms with van der Waals surface area (Å²) in [5.74, 6) is -0.0786. The smallest absolute Gasteiger partial charge is 0.417 e. The van der Waals surface area contributed by atoms with E-state index in [1.54, 1.807) is 0 Å². The van der Waals surface area contributed by atoms with Crippen molar-refractivity contribution in [2.45, 2.75) is 96.2 Å². The lowest BCUT2D eigenvalue weighted by Gasteiger charge is -2.32. The molecule has 1 aliphatic carbocycles. The summed E-state index contributed by atoms with van der Waals surface area (Å²) in [6.07, 6.45) is 10.8. The first-order valence-corrected chi connectivity index (χ1v) is 9.53. The van der Waals surface area contributed by atoms with Gasteiger partial charge in [0.15, 0.2) is 0 Å². The Bertz CT molecular complexity index is 345. The first kappa shape index (κ1) is 20.9. The molecular formula is C19H33O5. The van der Waals surface area contributed by atoms with E-state index in [1.807, 2.05) is 0 Å². The molecule has 139 valence electrons. The Hall–Kier alpha value is -1.10. The van der Waals surface area contributed by atoms with Gasteiger partial charge in [-0.2, -0.15) is 0 Å². The monoisotopic (exact) mass is 341 g/mol. The number of aliphatic hydroxyl groups excluding tert-OH is 1. The van der Waals surface area contributed by atoms with Crippen molar-refractivity contribution in [3.05, 3.63) is 0 Å². The van der Waals surface area contributed by atoms with Crippen LogP contribution in [0.2, 0.25) is 0 Å².